The van der Waals surface area contributed by atoms with Gasteiger partial charge in [-0.15, -0.1) is 0 Å². The van der Waals surface area contributed by atoms with E-state index in [4.69, 9.17) is 9.47 Å². The number of hydrogen-bond donors (Lipinski definition) is 1. The van der Waals surface area contributed by atoms with Gasteiger partial charge in [0.2, 0.25) is 0 Å². The number of carbonyl (C=O) groups excluding carboxylic acids is 2. The highest BCUT2D eigenvalue weighted by Gasteiger charge is 2.11. The van der Waals surface area contributed by atoms with Crippen LogP contribution in [-0.2, 0) is 32.3 Å². The number of aromatic hydroxyl groups is 1. The Labute approximate surface area is 113 Å². The van der Waals surface area contributed by atoms with Gasteiger partial charge in [0.05, 0.1) is 0 Å². The van der Waals surface area contributed by atoms with Crippen LogP contribution >= 0.6 is 15.9 Å². The number of carbonyl (C=O) groups is 2. The molecule has 98 valence electrons. The van der Waals surface area contributed by atoms with E-state index in [-0.39, 0.29) is 19.0 Å². The lowest BCUT2D eigenvalue weighted by atomic mass is 10.1. The van der Waals surface area contributed by atoms with E-state index >= 15 is 0 Å². The predicted molar refractivity (Wildman–Crippen MR) is 66.7 cm³/mol. The average molecular weight is 317 g/mol. The van der Waals surface area contributed by atoms with Crippen LogP contribution in [0.15, 0.2) is 16.6 Å². The van der Waals surface area contributed by atoms with E-state index < -0.39 is 11.9 Å². The van der Waals surface area contributed by atoms with E-state index in [1.807, 2.05) is 0 Å². The first-order valence-electron chi connectivity index (χ1n) is 5.17. The summed E-state index contributed by atoms with van der Waals surface area (Å²) in [5, 5.41) is 9.94. The maximum atomic E-state index is 10.7. The van der Waals surface area contributed by atoms with Crippen LogP contribution in [0.2, 0.25) is 0 Å². The molecular formula is C12H13BrO5. The third-order valence-electron chi connectivity index (χ3n) is 2.09. The first-order chi connectivity index (χ1) is 8.40. The van der Waals surface area contributed by atoms with Crippen molar-refractivity contribution in [3.8, 4) is 5.75 Å². The fraction of sp³-hybridized carbons (Fsp3) is 0.333. The second-order valence-electron chi connectivity index (χ2n) is 3.63. The Bertz CT molecular complexity index is 431. The monoisotopic (exact) mass is 316 g/mol. The van der Waals surface area contributed by atoms with Crippen molar-refractivity contribution in [2.75, 3.05) is 0 Å². The Kier molecular flexibility index (Phi) is 5.15. The second-order valence-corrected chi connectivity index (χ2v) is 4.55. The van der Waals surface area contributed by atoms with Crippen LogP contribution < -0.4 is 0 Å². The van der Waals surface area contributed by atoms with Crippen LogP contribution in [0.4, 0.5) is 0 Å². The number of halogens is 1. The molecule has 0 aromatic heterocycles. The summed E-state index contributed by atoms with van der Waals surface area (Å²) in [5.74, 6) is -0.910. The molecule has 0 unspecified atom stereocenters. The lowest BCUT2D eigenvalue weighted by Gasteiger charge is -2.11. The first kappa shape index (κ1) is 14.5. The highest BCUT2D eigenvalue weighted by Crippen LogP contribution is 2.28. The maximum absolute atomic E-state index is 10.7. The molecule has 0 atom stereocenters. The maximum Gasteiger partial charge on any atom is 0.302 e. The quantitative estimate of drug-likeness (QED) is 0.863. The molecule has 1 rings (SSSR count). The standard InChI is InChI=1S/C12H13BrO5/c1-7(14)17-5-9-3-11(13)4-10(12(9)16)6-18-8(2)15/h3-4,16H,5-6H2,1-2H3. The molecule has 0 aliphatic rings. The summed E-state index contributed by atoms with van der Waals surface area (Å²) in [6.45, 7) is 2.50. The molecule has 0 aliphatic carbocycles. The minimum atomic E-state index is -0.434. The Hall–Kier alpha value is -1.56. The number of esters is 2. The van der Waals surface area contributed by atoms with Crippen molar-refractivity contribution in [2.45, 2.75) is 27.1 Å². The zero-order valence-corrected chi connectivity index (χ0v) is 11.6. The van der Waals surface area contributed by atoms with Gasteiger partial charge in [-0.05, 0) is 12.1 Å². The molecule has 6 heteroatoms. The molecule has 0 amide bonds. The summed E-state index contributed by atoms with van der Waals surface area (Å²) in [6, 6.07) is 3.27. The molecule has 1 aromatic rings. The smallest absolute Gasteiger partial charge is 0.302 e. The van der Waals surface area contributed by atoms with E-state index in [2.05, 4.69) is 15.9 Å². The molecule has 5 nitrogen and oxygen atoms in total. The van der Waals surface area contributed by atoms with Gasteiger partial charge in [0.1, 0.15) is 19.0 Å². The van der Waals surface area contributed by atoms with Gasteiger partial charge in [0.25, 0.3) is 0 Å². The lowest BCUT2D eigenvalue weighted by molar-refractivity contribution is -0.142. The molecule has 1 N–H and O–H groups in total. The summed E-state index contributed by atoms with van der Waals surface area (Å²) >= 11 is 3.27. The molecule has 0 saturated heterocycles. The number of hydrogen-bond acceptors (Lipinski definition) is 5. The second kappa shape index (κ2) is 6.39. The van der Waals surface area contributed by atoms with Crippen LogP contribution in [-0.4, -0.2) is 17.0 Å². The molecule has 0 fully saturated rings. The first-order valence-corrected chi connectivity index (χ1v) is 5.96. The van der Waals surface area contributed by atoms with E-state index in [9.17, 15) is 14.7 Å². The van der Waals surface area contributed by atoms with Gasteiger partial charge >= 0.3 is 11.9 Å². The summed E-state index contributed by atoms with van der Waals surface area (Å²) < 4.78 is 10.3. The Morgan fingerprint density at radius 2 is 1.50 bits per heavy atom. The van der Waals surface area contributed by atoms with Gasteiger partial charge < -0.3 is 14.6 Å². The molecule has 0 saturated carbocycles. The van der Waals surface area contributed by atoms with Crippen LogP contribution in [0, 0.1) is 0 Å². The Balaban J connectivity index is 2.90. The zero-order valence-electron chi connectivity index (χ0n) is 10.0. The molecule has 0 radical (unpaired) electrons. The molecule has 1 aromatic carbocycles. The van der Waals surface area contributed by atoms with Crippen molar-refractivity contribution in [1.29, 1.82) is 0 Å². The van der Waals surface area contributed by atoms with Crippen LogP contribution in [0.3, 0.4) is 0 Å². The fourth-order valence-corrected chi connectivity index (χ4v) is 1.85. The zero-order chi connectivity index (χ0) is 13.7. The van der Waals surface area contributed by atoms with Crippen LogP contribution in [0.25, 0.3) is 0 Å². The van der Waals surface area contributed by atoms with Gasteiger partial charge in [0, 0.05) is 29.4 Å². The normalized spacial score (nSPS) is 9.94. The van der Waals surface area contributed by atoms with Crippen molar-refractivity contribution in [1.82, 2.24) is 0 Å². The Morgan fingerprint density at radius 1 is 1.11 bits per heavy atom. The number of benzene rings is 1. The van der Waals surface area contributed by atoms with E-state index in [1.165, 1.54) is 13.8 Å². The van der Waals surface area contributed by atoms with Gasteiger partial charge in [-0.3, -0.25) is 9.59 Å². The average Bonchev–Trinajstić information content (AvgIpc) is 2.27. The topological polar surface area (TPSA) is 72.8 Å². The third kappa shape index (κ3) is 4.37. The largest absolute Gasteiger partial charge is 0.507 e. The summed E-state index contributed by atoms with van der Waals surface area (Å²) in [5.41, 5.74) is 0.892. The molecular weight excluding hydrogens is 304 g/mol. The lowest BCUT2D eigenvalue weighted by Crippen LogP contribution is -2.03. The van der Waals surface area contributed by atoms with Gasteiger partial charge in [-0.1, -0.05) is 15.9 Å². The van der Waals surface area contributed by atoms with Crippen molar-refractivity contribution < 1.29 is 24.2 Å². The van der Waals surface area contributed by atoms with Crippen molar-refractivity contribution in [2.24, 2.45) is 0 Å². The molecule has 0 bridgehead atoms. The number of phenolic OH excluding ortho intramolecular Hbond substituents is 1. The minimum absolute atomic E-state index is 0.0340. The van der Waals surface area contributed by atoms with Crippen molar-refractivity contribution >= 4 is 27.9 Å². The van der Waals surface area contributed by atoms with Crippen LogP contribution in [0.1, 0.15) is 25.0 Å². The van der Waals surface area contributed by atoms with Crippen LogP contribution in [0.5, 0.6) is 5.75 Å². The van der Waals surface area contributed by atoms with E-state index in [1.54, 1.807) is 12.1 Å². The fourth-order valence-electron chi connectivity index (χ4n) is 1.30. The molecule has 0 heterocycles. The molecule has 18 heavy (non-hydrogen) atoms. The Morgan fingerprint density at radius 3 is 1.83 bits per heavy atom. The SMILES string of the molecule is CC(=O)OCc1cc(Br)cc(COC(C)=O)c1O. The van der Waals surface area contributed by atoms with Gasteiger partial charge in [-0.25, -0.2) is 0 Å². The van der Waals surface area contributed by atoms with E-state index in [0.717, 1.165) is 0 Å². The summed E-state index contributed by atoms with van der Waals surface area (Å²) in [4.78, 5) is 21.5. The highest BCUT2D eigenvalue weighted by molar-refractivity contribution is 9.10. The summed E-state index contributed by atoms with van der Waals surface area (Å²) in [6.07, 6.45) is 0. The minimum Gasteiger partial charge on any atom is -0.507 e. The van der Waals surface area contributed by atoms with Crippen molar-refractivity contribution in [3.63, 3.8) is 0 Å². The van der Waals surface area contributed by atoms with Gasteiger partial charge in [0.15, 0.2) is 0 Å². The molecule has 0 aliphatic heterocycles. The molecule has 0 spiro atoms. The summed E-state index contributed by atoms with van der Waals surface area (Å²) in [7, 11) is 0. The predicted octanol–water partition coefficient (Wildman–Crippen LogP) is 2.28. The highest BCUT2D eigenvalue weighted by atomic mass is 79.9. The number of rotatable bonds is 4. The number of phenols is 1. The number of ether oxygens (including phenoxy) is 2. The van der Waals surface area contributed by atoms with Gasteiger partial charge in [-0.2, -0.15) is 0 Å². The van der Waals surface area contributed by atoms with Crippen molar-refractivity contribution in [3.05, 3.63) is 27.7 Å². The third-order valence-corrected chi connectivity index (χ3v) is 2.55. The van der Waals surface area contributed by atoms with E-state index in [0.29, 0.717) is 15.6 Å².